The Balaban J connectivity index is 0.000000989. The van der Waals surface area contributed by atoms with Crippen LogP contribution in [0.1, 0.15) is 47.4 Å². The van der Waals surface area contributed by atoms with Crippen molar-refractivity contribution < 1.29 is 8.81 Å². The van der Waals surface area contributed by atoms with Crippen LogP contribution in [0.25, 0.3) is 28.3 Å². The Kier molecular flexibility index (Phi) is 11.0. The van der Waals surface area contributed by atoms with Crippen LogP contribution in [-0.2, 0) is 0 Å². The second-order valence-electron chi connectivity index (χ2n) is 5.78. The van der Waals surface area contributed by atoms with Crippen LogP contribution in [0, 0.1) is 0 Å². The predicted octanol–water partition coefficient (Wildman–Crippen LogP) is 8.42. The van der Waals surface area contributed by atoms with Crippen LogP contribution in [0.2, 0.25) is 0 Å². The minimum absolute atomic E-state index is 0.502. The van der Waals surface area contributed by atoms with Gasteiger partial charge in [0.15, 0.2) is 5.58 Å². The summed E-state index contributed by atoms with van der Waals surface area (Å²) < 4.78 is 18.9. The average molecular weight is 394 g/mol. The number of allylic oxidation sites excluding steroid dienone is 5. The molecule has 0 aliphatic carbocycles. The zero-order valence-electron chi connectivity index (χ0n) is 18.3. The molecule has 0 saturated heterocycles. The van der Waals surface area contributed by atoms with E-state index in [4.69, 9.17) is 4.42 Å². The highest BCUT2D eigenvalue weighted by Crippen LogP contribution is 2.25. The predicted molar refractivity (Wildman–Crippen MR) is 125 cm³/mol. The standard InChI is InChI=1S/C22H20FNO.2C2H6/c1-3-7-17(14-16(2)23)10-13-22-24-20-15-19(11-12-21(20)25-22)18-8-5-4-6-9-18;2*1-2/h3-16H,1-2H3;2*1-2H3/b7-3-,13-10+,17-14+;;. The van der Waals surface area contributed by atoms with Crippen molar-refractivity contribution >= 4 is 17.2 Å². The van der Waals surface area contributed by atoms with Gasteiger partial charge in [0, 0.05) is 6.08 Å². The first-order chi connectivity index (χ1) is 14.2. The second-order valence-corrected chi connectivity index (χ2v) is 5.78. The first kappa shape index (κ1) is 24.1. The minimum Gasteiger partial charge on any atom is -0.437 e. The van der Waals surface area contributed by atoms with Crippen LogP contribution in [0.4, 0.5) is 4.39 Å². The lowest BCUT2D eigenvalue weighted by Gasteiger charge is -1.99. The fraction of sp³-hybridized carbons (Fsp3) is 0.269. The van der Waals surface area contributed by atoms with E-state index in [1.165, 1.54) is 6.92 Å². The maximum Gasteiger partial charge on any atom is 0.220 e. The second kappa shape index (κ2) is 13.3. The molecule has 2 aromatic carbocycles. The SMILES string of the molecule is CC.CC.C\C=C/C(/C=C/c1nc2cc(-c3ccccc3)ccc2o1)=C\C(C)F. The highest BCUT2D eigenvalue weighted by Gasteiger charge is 2.05. The molecule has 0 saturated carbocycles. The van der Waals surface area contributed by atoms with Crippen molar-refractivity contribution in [3.8, 4) is 11.1 Å². The van der Waals surface area contributed by atoms with E-state index in [0.717, 1.165) is 27.8 Å². The molecule has 29 heavy (non-hydrogen) atoms. The molecule has 2 nitrogen and oxygen atoms in total. The third-order valence-electron chi connectivity index (χ3n) is 3.71. The number of benzene rings is 2. The van der Waals surface area contributed by atoms with E-state index in [1.807, 2.05) is 83.2 Å². The van der Waals surface area contributed by atoms with Gasteiger partial charge in [-0.3, -0.25) is 0 Å². The van der Waals surface area contributed by atoms with Gasteiger partial charge in [-0.2, -0.15) is 0 Å². The van der Waals surface area contributed by atoms with Gasteiger partial charge in [-0.15, -0.1) is 0 Å². The first-order valence-electron chi connectivity index (χ1n) is 10.3. The van der Waals surface area contributed by atoms with Crippen molar-refractivity contribution in [2.45, 2.75) is 47.7 Å². The van der Waals surface area contributed by atoms with Gasteiger partial charge in [-0.25, -0.2) is 9.37 Å². The molecule has 1 atom stereocenters. The third kappa shape index (κ3) is 7.53. The molecule has 1 unspecified atom stereocenters. The number of hydrogen-bond donors (Lipinski definition) is 0. The number of nitrogens with zero attached hydrogens (tertiary/aromatic N) is 1. The van der Waals surface area contributed by atoms with E-state index >= 15 is 0 Å². The van der Waals surface area contributed by atoms with Gasteiger partial charge in [0.25, 0.3) is 0 Å². The van der Waals surface area contributed by atoms with Crippen molar-refractivity contribution in [2.75, 3.05) is 0 Å². The fourth-order valence-electron chi connectivity index (χ4n) is 2.62. The molecule has 0 aliphatic heterocycles. The molecule has 0 radical (unpaired) electrons. The smallest absolute Gasteiger partial charge is 0.220 e. The van der Waals surface area contributed by atoms with E-state index in [0.29, 0.717) is 5.89 Å². The number of aromatic nitrogens is 1. The number of rotatable bonds is 5. The summed E-state index contributed by atoms with van der Waals surface area (Å²) in [5, 5.41) is 0. The summed E-state index contributed by atoms with van der Waals surface area (Å²) in [7, 11) is 0. The minimum atomic E-state index is -1.01. The van der Waals surface area contributed by atoms with Crippen LogP contribution in [0.15, 0.2) is 82.8 Å². The highest BCUT2D eigenvalue weighted by atomic mass is 19.1. The van der Waals surface area contributed by atoms with Crippen LogP contribution in [0.5, 0.6) is 0 Å². The van der Waals surface area contributed by atoms with Crippen molar-refractivity contribution in [3.63, 3.8) is 0 Å². The molecule has 154 valence electrons. The first-order valence-corrected chi connectivity index (χ1v) is 10.3. The number of alkyl halides is 1. The summed E-state index contributed by atoms with van der Waals surface area (Å²) in [6, 6.07) is 16.1. The molecular formula is C26H32FNO. The van der Waals surface area contributed by atoms with Gasteiger partial charge < -0.3 is 4.42 Å². The van der Waals surface area contributed by atoms with Gasteiger partial charge in [-0.1, -0.05) is 76.2 Å². The topological polar surface area (TPSA) is 26.0 Å². The quantitative estimate of drug-likeness (QED) is 0.407. The maximum atomic E-state index is 13.2. The average Bonchev–Trinajstić information content (AvgIpc) is 3.17. The fourth-order valence-corrected chi connectivity index (χ4v) is 2.62. The monoisotopic (exact) mass is 393 g/mol. The molecular weight excluding hydrogens is 361 g/mol. The third-order valence-corrected chi connectivity index (χ3v) is 3.71. The lowest BCUT2D eigenvalue weighted by Crippen LogP contribution is -1.86. The summed E-state index contributed by atoms with van der Waals surface area (Å²) in [5.74, 6) is 0.502. The van der Waals surface area contributed by atoms with Gasteiger partial charge >= 0.3 is 0 Å². The number of oxazole rings is 1. The van der Waals surface area contributed by atoms with Crippen LogP contribution >= 0.6 is 0 Å². The molecule has 0 aliphatic rings. The van der Waals surface area contributed by atoms with Crippen molar-refractivity contribution in [1.82, 2.24) is 4.98 Å². The lowest BCUT2D eigenvalue weighted by molar-refractivity contribution is 0.430. The largest absolute Gasteiger partial charge is 0.437 e. The zero-order chi connectivity index (χ0) is 21.6. The lowest BCUT2D eigenvalue weighted by atomic mass is 10.1. The zero-order valence-corrected chi connectivity index (χ0v) is 18.3. The molecule has 0 bridgehead atoms. The summed E-state index contributed by atoms with van der Waals surface area (Å²) in [4.78, 5) is 4.51. The number of fused-ring (bicyclic) bond motifs is 1. The summed E-state index contributed by atoms with van der Waals surface area (Å²) in [5.41, 5.74) is 4.55. The van der Waals surface area contributed by atoms with Crippen LogP contribution in [-0.4, -0.2) is 11.2 Å². The Morgan fingerprint density at radius 1 is 0.966 bits per heavy atom. The molecule has 1 aromatic heterocycles. The molecule has 0 N–H and O–H groups in total. The summed E-state index contributed by atoms with van der Waals surface area (Å²) in [6.45, 7) is 11.4. The van der Waals surface area contributed by atoms with E-state index in [-0.39, 0.29) is 0 Å². The molecule has 0 amide bonds. The summed E-state index contributed by atoms with van der Waals surface area (Å²) in [6.07, 6.45) is 7.83. The number of hydrogen-bond acceptors (Lipinski definition) is 2. The molecule has 3 rings (SSSR count). The Hall–Kier alpha value is -2.94. The molecule has 0 spiro atoms. The number of halogens is 1. The Morgan fingerprint density at radius 2 is 1.66 bits per heavy atom. The van der Waals surface area contributed by atoms with E-state index in [2.05, 4.69) is 17.1 Å². The summed E-state index contributed by atoms with van der Waals surface area (Å²) >= 11 is 0. The van der Waals surface area contributed by atoms with Crippen LogP contribution < -0.4 is 0 Å². The Morgan fingerprint density at radius 3 is 2.28 bits per heavy atom. The van der Waals surface area contributed by atoms with Crippen molar-refractivity contribution in [2.24, 2.45) is 0 Å². The van der Waals surface area contributed by atoms with E-state index in [1.54, 1.807) is 18.2 Å². The van der Waals surface area contributed by atoms with E-state index in [9.17, 15) is 4.39 Å². The van der Waals surface area contributed by atoms with Gasteiger partial charge in [0.1, 0.15) is 11.7 Å². The Labute approximate surface area is 174 Å². The van der Waals surface area contributed by atoms with Gasteiger partial charge in [0.2, 0.25) is 5.89 Å². The van der Waals surface area contributed by atoms with E-state index < -0.39 is 6.17 Å². The molecule has 0 fully saturated rings. The molecule has 3 heteroatoms. The van der Waals surface area contributed by atoms with Gasteiger partial charge in [-0.05, 0) is 54.8 Å². The normalized spacial score (nSPS) is 12.4. The maximum absolute atomic E-state index is 13.2. The highest BCUT2D eigenvalue weighted by molar-refractivity contribution is 5.81. The van der Waals surface area contributed by atoms with Crippen molar-refractivity contribution in [1.29, 1.82) is 0 Å². The van der Waals surface area contributed by atoms with Crippen molar-refractivity contribution in [3.05, 3.63) is 84.3 Å². The van der Waals surface area contributed by atoms with Gasteiger partial charge in [0.05, 0.1) is 0 Å². The van der Waals surface area contributed by atoms with Crippen LogP contribution in [0.3, 0.4) is 0 Å². The molecule has 3 aromatic rings. The Bertz CT molecular complexity index is 934. The molecule has 1 heterocycles.